The predicted octanol–water partition coefficient (Wildman–Crippen LogP) is 2.24. The second kappa shape index (κ2) is 2.65. The Kier molecular flexibility index (Phi) is 1.65. The zero-order valence-corrected chi connectivity index (χ0v) is 6.55. The molecular weight excluding hydrogens is 136 g/mol. The van der Waals surface area contributed by atoms with E-state index in [4.69, 9.17) is 0 Å². The maximum atomic E-state index is 11.3. The second-order valence-corrected chi connectivity index (χ2v) is 3.28. The molecule has 0 saturated heterocycles. The fourth-order valence-corrected chi connectivity index (χ4v) is 1.95. The Morgan fingerprint density at radius 1 is 1.27 bits per heavy atom. The summed E-state index contributed by atoms with van der Waals surface area (Å²) >= 11 is 0. The first-order chi connectivity index (χ1) is 5.38. The van der Waals surface area contributed by atoms with Gasteiger partial charge in [0.1, 0.15) is 0 Å². The van der Waals surface area contributed by atoms with E-state index in [1.54, 1.807) is 6.08 Å². The minimum atomic E-state index is 0.255. The van der Waals surface area contributed by atoms with Crippen LogP contribution in [0.25, 0.3) is 0 Å². The van der Waals surface area contributed by atoms with Crippen LogP contribution in [0.5, 0.6) is 0 Å². The molecule has 0 fully saturated rings. The minimum absolute atomic E-state index is 0.255. The van der Waals surface area contributed by atoms with Gasteiger partial charge in [0.2, 0.25) is 0 Å². The van der Waals surface area contributed by atoms with Crippen LogP contribution >= 0.6 is 0 Å². The minimum Gasteiger partial charge on any atom is -0.290 e. The molecule has 2 rings (SSSR count). The highest BCUT2D eigenvalue weighted by Gasteiger charge is 2.23. The molecule has 0 aromatic heterocycles. The van der Waals surface area contributed by atoms with Crippen molar-refractivity contribution < 1.29 is 4.79 Å². The summed E-state index contributed by atoms with van der Waals surface area (Å²) in [5.74, 6) is 0.836. The highest BCUT2D eigenvalue weighted by Crippen LogP contribution is 2.32. The third-order valence-electron chi connectivity index (χ3n) is 2.55. The molecule has 0 N–H and O–H groups in total. The number of carbonyl (C=O) groups excluding carboxylic acids is 1. The molecule has 2 aliphatic rings. The van der Waals surface area contributed by atoms with Crippen molar-refractivity contribution in [3.05, 3.63) is 23.8 Å². The third kappa shape index (κ3) is 1.15. The van der Waals surface area contributed by atoms with E-state index in [0.717, 1.165) is 18.4 Å². The van der Waals surface area contributed by atoms with Gasteiger partial charge >= 0.3 is 0 Å². The fraction of sp³-hybridized carbons (Fsp3) is 0.500. The molecule has 0 radical (unpaired) electrons. The predicted molar refractivity (Wildman–Crippen MR) is 44.2 cm³/mol. The van der Waals surface area contributed by atoms with Crippen LogP contribution in [0.2, 0.25) is 0 Å². The molecule has 1 atom stereocenters. The number of allylic oxidation sites excluding steroid dienone is 4. The lowest BCUT2D eigenvalue weighted by molar-refractivity contribution is -0.111. The van der Waals surface area contributed by atoms with Gasteiger partial charge in [-0.2, -0.15) is 0 Å². The number of hydrogen-bond acceptors (Lipinski definition) is 1. The molecule has 1 nitrogen and oxygen atoms in total. The monoisotopic (exact) mass is 148 g/mol. The van der Waals surface area contributed by atoms with Gasteiger partial charge in [-0.25, -0.2) is 0 Å². The first kappa shape index (κ1) is 6.84. The average Bonchev–Trinajstić information content (AvgIpc) is 2.40. The SMILES string of the molecule is O=C1C=CCCC2CCC=C12. The number of hydrogen-bond donors (Lipinski definition) is 0. The van der Waals surface area contributed by atoms with E-state index < -0.39 is 0 Å². The van der Waals surface area contributed by atoms with Gasteiger partial charge in [-0.05, 0) is 43.3 Å². The number of rotatable bonds is 0. The van der Waals surface area contributed by atoms with Crippen molar-refractivity contribution in [3.63, 3.8) is 0 Å². The number of fused-ring (bicyclic) bond motifs is 1. The quantitative estimate of drug-likeness (QED) is 0.515. The molecule has 0 spiro atoms. The molecule has 11 heavy (non-hydrogen) atoms. The van der Waals surface area contributed by atoms with Crippen LogP contribution < -0.4 is 0 Å². The highest BCUT2D eigenvalue weighted by atomic mass is 16.1. The van der Waals surface area contributed by atoms with E-state index in [0.29, 0.717) is 5.92 Å². The van der Waals surface area contributed by atoms with Crippen molar-refractivity contribution in [2.24, 2.45) is 5.92 Å². The van der Waals surface area contributed by atoms with Crippen molar-refractivity contribution >= 4 is 5.78 Å². The van der Waals surface area contributed by atoms with Crippen LogP contribution in [0.15, 0.2) is 23.8 Å². The number of carbonyl (C=O) groups is 1. The maximum absolute atomic E-state index is 11.3. The van der Waals surface area contributed by atoms with Crippen LogP contribution in [0.3, 0.4) is 0 Å². The van der Waals surface area contributed by atoms with Crippen molar-refractivity contribution in [3.8, 4) is 0 Å². The van der Waals surface area contributed by atoms with Gasteiger partial charge in [0.15, 0.2) is 5.78 Å². The van der Waals surface area contributed by atoms with Crippen molar-refractivity contribution in [2.45, 2.75) is 25.7 Å². The van der Waals surface area contributed by atoms with E-state index in [2.05, 4.69) is 6.08 Å². The van der Waals surface area contributed by atoms with Gasteiger partial charge < -0.3 is 0 Å². The summed E-state index contributed by atoms with van der Waals surface area (Å²) in [6.07, 6.45) is 10.4. The van der Waals surface area contributed by atoms with E-state index in [-0.39, 0.29) is 5.78 Å². The Hall–Kier alpha value is -0.850. The zero-order chi connectivity index (χ0) is 7.68. The number of ketones is 1. The molecular formula is C10H12O. The third-order valence-corrected chi connectivity index (χ3v) is 2.55. The highest BCUT2D eigenvalue weighted by molar-refractivity contribution is 6.04. The van der Waals surface area contributed by atoms with Crippen molar-refractivity contribution in [2.75, 3.05) is 0 Å². The summed E-state index contributed by atoms with van der Waals surface area (Å²) in [6, 6.07) is 0. The lowest BCUT2D eigenvalue weighted by Gasteiger charge is -2.07. The summed E-state index contributed by atoms with van der Waals surface area (Å²) in [5, 5.41) is 0. The molecule has 0 saturated carbocycles. The Morgan fingerprint density at radius 3 is 3.00 bits per heavy atom. The van der Waals surface area contributed by atoms with Gasteiger partial charge in [-0.1, -0.05) is 12.2 Å². The van der Waals surface area contributed by atoms with Gasteiger partial charge in [0.25, 0.3) is 0 Å². The topological polar surface area (TPSA) is 17.1 Å². The molecule has 0 amide bonds. The molecule has 1 unspecified atom stereocenters. The summed E-state index contributed by atoms with van der Waals surface area (Å²) in [5.41, 5.74) is 1.08. The Balaban J connectivity index is 2.28. The standard InChI is InChI=1S/C10H12O/c11-10-7-2-1-4-8-5-3-6-9(8)10/h2,6-8H,1,3-5H2. The smallest absolute Gasteiger partial charge is 0.181 e. The fourth-order valence-electron chi connectivity index (χ4n) is 1.95. The van der Waals surface area contributed by atoms with Crippen LogP contribution in [-0.2, 0) is 4.79 Å². The van der Waals surface area contributed by atoms with Crippen LogP contribution in [0.1, 0.15) is 25.7 Å². The summed E-state index contributed by atoms with van der Waals surface area (Å²) in [6.45, 7) is 0. The summed E-state index contributed by atoms with van der Waals surface area (Å²) < 4.78 is 0. The Labute approximate surface area is 66.8 Å². The van der Waals surface area contributed by atoms with E-state index in [1.165, 1.54) is 12.8 Å². The van der Waals surface area contributed by atoms with Crippen LogP contribution in [-0.4, -0.2) is 5.78 Å². The molecule has 58 valence electrons. The second-order valence-electron chi connectivity index (χ2n) is 3.28. The molecule has 0 aromatic carbocycles. The summed E-state index contributed by atoms with van der Waals surface area (Å²) in [4.78, 5) is 11.3. The zero-order valence-electron chi connectivity index (χ0n) is 6.55. The van der Waals surface area contributed by atoms with E-state index >= 15 is 0 Å². The molecule has 1 heteroatoms. The van der Waals surface area contributed by atoms with Crippen molar-refractivity contribution in [1.82, 2.24) is 0 Å². The van der Waals surface area contributed by atoms with Gasteiger partial charge in [-0.3, -0.25) is 4.79 Å². The van der Waals surface area contributed by atoms with E-state index in [1.807, 2.05) is 6.08 Å². The average molecular weight is 148 g/mol. The Bertz CT molecular complexity index is 235. The molecule has 0 bridgehead atoms. The molecule has 2 aliphatic carbocycles. The lowest BCUT2D eigenvalue weighted by Crippen LogP contribution is -2.04. The van der Waals surface area contributed by atoms with E-state index in [9.17, 15) is 4.79 Å². The first-order valence-corrected chi connectivity index (χ1v) is 4.29. The van der Waals surface area contributed by atoms with Gasteiger partial charge in [-0.15, -0.1) is 0 Å². The van der Waals surface area contributed by atoms with Crippen molar-refractivity contribution in [1.29, 1.82) is 0 Å². The molecule has 0 aromatic rings. The summed E-state index contributed by atoms with van der Waals surface area (Å²) in [7, 11) is 0. The van der Waals surface area contributed by atoms with Crippen LogP contribution in [0, 0.1) is 5.92 Å². The maximum Gasteiger partial charge on any atom is 0.181 e. The Morgan fingerprint density at radius 2 is 2.09 bits per heavy atom. The largest absolute Gasteiger partial charge is 0.290 e. The first-order valence-electron chi connectivity index (χ1n) is 4.29. The lowest BCUT2D eigenvalue weighted by atomic mass is 9.96. The van der Waals surface area contributed by atoms with Crippen LogP contribution in [0.4, 0.5) is 0 Å². The van der Waals surface area contributed by atoms with Gasteiger partial charge in [0, 0.05) is 0 Å². The van der Waals surface area contributed by atoms with Gasteiger partial charge in [0.05, 0.1) is 0 Å². The molecule has 0 aliphatic heterocycles. The molecule has 0 heterocycles. The normalized spacial score (nSPS) is 29.6.